The van der Waals surface area contributed by atoms with Gasteiger partial charge in [-0.3, -0.25) is 24.1 Å². The van der Waals surface area contributed by atoms with E-state index in [9.17, 15) is 37.1 Å². The molecule has 1 heterocycles. The fourth-order valence-corrected chi connectivity index (χ4v) is 7.12. The standard InChI is InChI=1S/C22H21FN4O2S.C13H16FN3O.C8H9FN2O.C8H8N2.C4H8O/c1-6-22(3)20(29)26(14-8-10-18(24-4)13(2)11-14)21(30)27(22)15-7-9-16(17(23)12-15)19(28)25-5;1-4-13(2,8-15)17-9-5-6-10(11(14)7-9)12(18)16-3;1-11-8(12)6-3-2-5(10)4-7(6)9;1-6-4-8(10)3-2-7(6)5-9;1-3-4(2)5/h7-12H,6H2,1-3,5H3,(H,25,28);5-7,17H,4H2,1-3H3,(H,16,18);2-4H,10H2,1H3,(H,11,12);2-4H,10H2,1H3;3H2,1-2H3. The molecule has 20 heteroatoms. The fourth-order valence-electron chi connectivity index (χ4n) is 6.62. The van der Waals surface area contributed by atoms with Crippen molar-refractivity contribution < 1.29 is 37.1 Å². The number of nitrogen functional groups attached to an aromatic ring is 2. The van der Waals surface area contributed by atoms with Crippen molar-refractivity contribution >= 4 is 80.9 Å². The van der Waals surface area contributed by atoms with Gasteiger partial charge in [0, 0.05) is 56.0 Å². The van der Waals surface area contributed by atoms with E-state index in [0.717, 1.165) is 17.2 Å². The first-order valence-corrected chi connectivity index (χ1v) is 23.6. The van der Waals surface area contributed by atoms with Gasteiger partial charge in [0.15, 0.2) is 10.8 Å². The summed E-state index contributed by atoms with van der Waals surface area (Å²) >= 11 is 5.64. The average molecular weight is 1050 g/mol. The van der Waals surface area contributed by atoms with Gasteiger partial charge in [0.25, 0.3) is 23.6 Å². The molecule has 4 amide bonds. The molecule has 0 radical (unpaired) electrons. The minimum absolute atomic E-state index is 0.00620. The van der Waals surface area contributed by atoms with E-state index in [2.05, 4.69) is 38.3 Å². The number of hydrogen-bond acceptors (Lipinski definition) is 11. The Balaban J connectivity index is 0.000000362. The van der Waals surface area contributed by atoms with E-state index < -0.39 is 46.3 Å². The lowest BCUT2D eigenvalue weighted by Crippen LogP contribution is -2.46. The first-order valence-electron chi connectivity index (χ1n) is 23.2. The van der Waals surface area contributed by atoms with Crippen molar-refractivity contribution in [1.82, 2.24) is 16.0 Å². The minimum Gasteiger partial charge on any atom is -0.399 e. The molecule has 2 atom stereocenters. The topological polar surface area (TPSA) is 244 Å². The number of aryl methyl sites for hydroxylation is 2. The van der Waals surface area contributed by atoms with Gasteiger partial charge >= 0.3 is 0 Å². The number of hydrogen-bond donors (Lipinski definition) is 6. The predicted octanol–water partition coefficient (Wildman–Crippen LogP) is 9.84. The highest BCUT2D eigenvalue weighted by molar-refractivity contribution is 7.81. The number of Topliss-reactive ketones (excluding diaryl/α,β-unsaturated/α-hetero) is 1. The summed E-state index contributed by atoms with van der Waals surface area (Å²) in [4.78, 5) is 63.8. The summed E-state index contributed by atoms with van der Waals surface area (Å²) in [5.41, 5.74) is 14.2. The van der Waals surface area contributed by atoms with Gasteiger partial charge in [0.05, 0.1) is 41.0 Å². The number of nitriles is 2. The summed E-state index contributed by atoms with van der Waals surface area (Å²) in [5.74, 6) is -3.36. The van der Waals surface area contributed by atoms with Gasteiger partial charge in [-0.15, -0.1) is 0 Å². The number of rotatable bonds is 10. The van der Waals surface area contributed by atoms with Gasteiger partial charge in [0.2, 0.25) is 0 Å². The first kappa shape index (κ1) is 62.3. The smallest absolute Gasteiger partial charge is 0.259 e. The third kappa shape index (κ3) is 16.4. The number of thiocarbonyl (C=S) groups is 1. The summed E-state index contributed by atoms with van der Waals surface area (Å²) in [6.07, 6.45) is 1.68. The van der Waals surface area contributed by atoms with Crippen LogP contribution in [0.15, 0.2) is 91.0 Å². The molecule has 0 aliphatic carbocycles. The number of halogens is 3. The van der Waals surface area contributed by atoms with Crippen LogP contribution in [0.25, 0.3) is 4.85 Å². The monoisotopic (exact) mass is 1050 g/mol. The molecule has 8 N–H and O–H groups in total. The lowest BCUT2D eigenvalue weighted by atomic mass is 9.96. The second kappa shape index (κ2) is 28.4. The Kier molecular flexibility index (Phi) is 23.6. The zero-order valence-corrected chi connectivity index (χ0v) is 44.6. The van der Waals surface area contributed by atoms with Gasteiger partial charge in [-0.2, -0.15) is 10.5 Å². The SMILES string of the molecule is CCC(C)(C#N)Nc1ccc(C(=O)NC)c(F)c1.CCC(C)=O.CNC(=O)c1ccc(N)cc1F.Cc1cc(N)ccc1C#N.[C-]#[N+]c1ccc(N2C(=O)C(C)(CC)N(c3ccc(C(=O)NC)c(F)c3)C2=S)cc1C. The highest BCUT2D eigenvalue weighted by atomic mass is 32.1. The van der Waals surface area contributed by atoms with E-state index in [1.807, 2.05) is 27.7 Å². The fraction of sp³-hybridized carbons (Fsp3) is 0.291. The average Bonchev–Trinajstić information content (AvgIpc) is 3.59. The third-order valence-electron chi connectivity index (χ3n) is 11.6. The van der Waals surface area contributed by atoms with Crippen molar-refractivity contribution in [3.05, 3.63) is 153 Å². The number of carbonyl (C=O) groups is 5. The molecule has 1 fully saturated rings. The van der Waals surface area contributed by atoms with Crippen LogP contribution in [0.5, 0.6) is 0 Å². The predicted molar refractivity (Wildman–Crippen MR) is 292 cm³/mol. The second-order valence-corrected chi connectivity index (χ2v) is 17.3. The lowest BCUT2D eigenvalue weighted by molar-refractivity contribution is -0.121. The van der Waals surface area contributed by atoms with Gasteiger partial charge in [0.1, 0.15) is 34.3 Å². The normalized spacial score (nSPS) is 13.8. The van der Waals surface area contributed by atoms with E-state index in [4.69, 9.17) is 40.8 Å². The molecule has 0 aromatic heterocycles. The van der Waals surface area contributed by atoms with Crippen molar-refractivity contribution in [3.8, 4) is 12.1 Å². The van der Waals surface area contributed by atoms with Gasteiger partial charge in [-0.1, -0.05) is 26.8 Å². The Hall–Kier alpha value is -8.80. The molecular weight excluding hydrogens is 984 g/mol. The van der Waals surface area contributed by atoms with E-state index in [1.165, 1.54) is 62.4 Å². The molecule has 1 aliphatic rings. The zero-order valence-electron chi connectivity index (χ0n) is 43.8. The molecule has 5 aromatic rings. The lowest BCUT2D eigenvalue weighted by Gasteiger charge is -2.32. The molecule has 394 valence electrons. The van der Waals surface area contributed by atoms with Crippen LogP contribution in [0.2, 0.25) is 0 Å². The molecule has 16 nitrogen and oxygen atoms in total. The molecule has 5 aromatic carbocycles. The molecule has 0 bridgehead atoms. The van der Waals surface area contributed by atoms with Gasteiger partial charge < -0.3 is 42.4 Å². The molecule has 6 rings (SSSR count). The molecule has 0 spiro atoms. The zero-order chi connectivity index (χ0) is 57.0. The third-order valence-corrected chi connectivity index (χ3v) is 12.0. The van der Waals surface area contributed by atoms with Crippen LogP contribution in [0, 0.1) is 60.5 Å². The van der Waals surface area contributed by atoms with E-state index in [-0.39, 0.29) is 33.5 Å². The number of benzene rings is 5. The largest absolute Gasteiger partial charge is 0.399 e. The quantitative estimate of drug-likeness (QED) is 0.0435. The number of carbonyl (C=O) groups excluding carboxylic acids is 5. The summed E-state index contributed by atoms with van der Waals surface area (Å²) in [7, 11) is 4.31. The Morgan fingerprint density at radius 2 is 1.23 bits per heavy atom. The molecule has 75 heavy (non-hydrogen) atoms. The molecule has 2 unspecified atom stereocenters. The van der Waals surface area contributed by atoms with E-state index in [0.29, 0.717) is 59.0 Å². The van der Waals surface area contributed by atoms with Crippen LogP contribution in [-0.4, -0.2) is 66.7 Å². The number of ketones is 1. The highest BCUT2D eigenvalue weighted by Crippen LogP contribution is 2.40. The van der Waals surface area contributed by atoms with Crippen molar-refractivity contribution in [3.63, 3.8) is 0 Å². The maximum Gasteiger partial charge on any atom is 0.259 e. The number of nitrogens with two attached hydrogens (primary N) is 2. The summed E-state index contributed by atoms with van der Waals surface area (Å²) in [6.45, 7) is 21.5. The van der Waals surface area contributed by atoms with Crippen molar-refractivity contribution in [2.24, 2.45) is 0 Å². The Labute approximate surface area is 441 Å². The Bertz CT molecular complexity index is 3060. The van der Waals surface area contributed by atoms with Crippen LogP contribution in [-0.2, 0) is 9.59 Å². The number of nitrogens with one attached hydrogen (secondary N) is 4. The van der Waals surface area contributed by atoms with Crippen molar-refractivity contribution in [1.29, 1.82) is 10.5 Å². The number of anilines is 5. The van der Waals surface area contributed by atoms with Crippen molar-refractivity contribution in [2.75, 3.05) is 47.7 Å². The second-order valence-electron chi connectivity index (χ2n) is 17.0. The van der Waals surface area contributed by atoms with Gasteiger partial charge in [-0.05, 0) is 156 Å². The van der Waals surface area contributed by atoms with Crippen LogP contribution >= 0.6 is 12.2 Å². The number of amides is 4. The molecule has 1 saturated heterocycles. The van der Waals surface area contributed by atoms with Crippen LogP contribution in [0.1, 0.15) is 109 Å². The summed E-state index contributed by atoms with van der Waals surface area (Å²) in [5, 5.41) is 27.8. The molecule has 0 saturated carbocycles. The maximum absolute atomic E-state index is 14.6. The van der Waals surface area contributed by atoms with E-state index >= 15 is 0 Å². The van der Waals surface area contributed by atoms with Crippen molar-refractivity contribution in [2.45, 2.75) is 85.7 Å². The van der Waals surface area contributed by atoms with Gasteiger partial charge in [-0.25, -0.2) is 18.0 Å². The number of nitrogens with zero attached hydrogens (tertiary/aromatic N) is 5. The van der Waals surface area contributed by atoms with E-state index in [1.54, 1.807) is 81.1 Å². The van der Waals surface area contributed by atoms with Crippen LogP contribution in [0.4, 0.5) is 47.3 Å². The van der Waals surface area contributed by atoms with Crippen LogP contribution < -0.4 is 42.5 Å². The van der Waals surface area contributed by atoms with Crippen LogP contribution in [0.3, 0.4) is 0 Å². The maximum atomic E-state index is 14.6. The Morgan fingerprint density at radius 1 is 0.747 bits per heavy atom. The molecular formula is C55H62F3N11O5S. The minimum atomic E-state index is -1.02. The summed E-state index contributed by atoms with van der Waals surface area (Å²) < 4.78 is 41.3. The molecule has 1 aliphatic heterocycles. The summed E-state index contributed by atoms with van der Waals surface area (Å²) in [6, 6.07) is 26.8. The highest BCUT2D eigenvalue weighted by Gasteiger charge is 2.52. The first-order chi connectivity index (χ1) is 35.3. The Morgan fingerprint density at radius 3 is 1.64 bits per heavy atom.